The molecule has 0 atom stereocenters. The maximum Gasteiger partial charge on any atom is 0.0898 e. The van der Waals surface area contributed by atoms with Crippen LogP contribution in [0.1, 0.15) is 30.7 Å². The van der Waals surface area contributed by atoms with Crippen molar-refractivity contribution in [3.05, 3.63) is 15.0 Å². The Hall–Kier alpha value is -0.100. The topological polar surface area (TPSA) is 31.9 Å². The first kappa shape index (κ1) is 10.4. The van der Waals surface area contributed by atoms with Crippen LogP contribution in [0.15, 0.2) is 0 Å². The number of nitrogens with one attached hydrogen (secondary N) is 1. The zero-order valence-electron chi connectivity index (χ0n) is 8.52. The fourth-order valence-corrected chi connectivity index (χ4v) is 2.31. The molecule has 1 saturated heterocycles. The highest BCUT2D eigenvalue weighted by Crippen LogP contribution is 2.17. The molecule has 0 bridgehead atoms. The molecule has 78 valence electrons. The van der Waals surface area contributed by atoms with Crippen molar-refractivity contribution in [1.82, 2.24) is 15.1 Å². The van der Waals surface area contributed by atoms with E-state index in [0.717, 1.165) is 6.54 Å². The van der Waals surface area contributed by atoms with Crippen molar-refractivity contribution in [3.63, 3.8) is 0 Å². The number of rotatable bonds is 2. The average molecular weight is 305 g/mol. The predicted molar refractivity (Wildman–Crippen MR) is 65.2 cm³/mol. The minimum atomic E-state index is 1.02. The van der Waals surface area contributed by atoms with E-state index in [1.807, 2.05) is 0 Å². The van der Waals surface area contributed by atoms with Crippen molar-refractivity contribution >= 4 is 22.6 Å². The molecule has 0 saturated carbocycles. The Morgan fingerprint density at radius 1 is 1.36 bits per heavy atom. The van der Waals surface area contributed by atoms with Crippen molar-refractivity contribution in [2.24, 2.45) is 0 Å². The van der Waals surface area contributed by atoms with Gasteiger partial charge in [-0.25, -0.2) is 0 Å². The third-order valence-corrected chi connectivity index (χ3v) is 4.19. The highest BCUT2D eigenvalue weighted by molar-refractivity contribution is 14.1. The monoisotopic (exact) mass is 305 g/mol. The zero-order chi connectivity index (χ0) is 9.97. The fraction of sp³-hybridized carbons (Fsp3) is 0.700. The van der Waals surface area contributed by atoms with Crippen molar-refractivity contribution in [2.45, 2.75) is 32.7 Å². The lowest BCUT2D eigenvalue weighted by atomic mass is 10.1. The van der Waals surface area contributed by atoms with Gasteiger partial charge in [-0.3, -0.25) is 10.00 Å². The van der Waals surface area contributed by atoms with E-state index in [2.05, 4.69) is 44.6 Å². The Morgan fingerprint density at radius 3 is 2.64 bits per heavy atom. The quantitative estimate of drug-likeness (QED) is 0.850. The van der Waals surface area contributed by atoms with Gasteiger partial charge < -0.3 is 0 Å². The van der Waals surface area contributed by atoms with Gasteiger partial charge >= 0.3 is 0 Å². The zero-order valence-corrected chi connectivity index (χ0v) is 10.7. The Kier molecular flexibility index (Phi) is 3.43. The molecule has 0 amide bonds. The standard InChI is InChI=1S/C10H16IN3/c1-8-10(11)9(13-12-8)7-14-5-3-2-4-6-14/h2-7H2,1H3,(H,12,13). The molecule has 0 aromatic carbocycles. The summed E-state index contributed by atoms with van der Waals surface area (Å²) >= 11 is 2.38. The van der Waals surface area contributed by atoms with Gasteiger partial charge in [-0.15, -0.1) is 0 Å². The highest BCUT2D eigenvalue weighted by Gasteiger charge is 2.14. The highest BCUT2D eigenvalue weighted by atomic mass is 127. The summed E-state index contributed by atoms with van der Waals surface area (Å²) < 4.78 is 1.30. The molecule has 4 heteroatoms. The lowest BCUT2D eigenvalue weighted by Crippen LogP contribution is -2.29. The number of aromatic nitrogens is 2. The van der Waals surface area contributed by atoms with E-state index in [1.54, 1.807) is 0 Å². The van der Waals surface area contributed by atoms with Crippen LogP contribution in [0.5, 0.6) is 0 Å². The molecule has 1 fully saturated rings. The summed E-state index contributed by atoms with van der Waals surface area (Å²) in [5.41, 5.74) is 2.41. The molecule has 1 aliphatic heterocycles. The summed E-state index contributed by atoms with van der Waals surface area (Å²) in [6, 6.07) is 0. The van der Waals surface area contributed by atoms with Gasteiger partial charge in [0, 0.05) is 12.2 Å². The average Bonchev–Trinajstić information content (AvgIpc) is 2.52. The fourth-order valence-electron chi connectivity index (χ4n) is 1.90. The molecule has 3 nitrogen and oxygen atoms in total. The van der Waals surface area contributed by atoms with Crippen LogP contribution < -0.4 is 0 Å². The van der Waals surface area contributed by atoms with Gasteiger partial charge in [-0.2, -0.15) is 5.10 Å². The normalized spacial score (nSPS) is 18.7. The van der Waals surface area contributed by atoms with Crippen molar-refractivity contribution in [1.29, 1.82) is 0 Å². The van der Waals surface area contributed by atoms with E-state index in [-0.39, 0.29) is 0 Å². The summed E-state index contributed by atoms with van der Waals surface area (Å²) in [4.78, 5) is 2.50. The Balaban J connectivity index is 1.99. The van der Waals surface area contributed by atoms with Crippen molar-refractivity contribution < 1.29 is 0 Å². The van der Waals surface area contributed by atoms with Gasteiger partial charge in [0.2, 0.25) is 0 Å². The molecule has 2 heterocycles. The molecule has 1 aliphatic rings. The first-order chi connectivity index (χ1) is 6.77. The van der Waals surface area contributed by atoms with Crippen LogP contribution in [0.4, 0.5) is 0 Å². The van der Waals surface area contributed by atoms with Crippen LogP contribution in [0.25, 0.3) is 0 Å². The van der Waals surface area contributed by atoms with Gasteiger partial charge in [0.05, 0.1) is 9.26 Å². The molecule has 2 rings (SSSR count). The molecule has 1 aromatic heterocycles. The van der Waals surface area contributed by atoms with Crippen LogP contribution in [0.3, 0.4) is 0 Å². The second-order valence-corrected chi connectivity index (χ2v) is 5.02. The minimum Gasteiger partial charge on any atom is -0.297 e. The summed E-state index contributed by atoms with van der Waals surface area (Å²) in [5.74, 6) is 0. The second kappa shape index (κ2) is 4.61. The third kappa shape index (κ3) is 2.28. The SMILES string of the molecule is Cc1[nH]nc(CN2CCCCC2)c1I. The van der Waals surface area contributed by atoms with Gasteiger partial charge in [0.1, 0.15) is 0 Å². The molecular weight excluding hydrogens is 289 g/mol. The molecule has 0 aliphatic carbocycles. The number of nitrogens with zero attached hydrogens (tertiary/aromatic N) is 2. The van der Waals surface area contributed by atoms with Crippen LogP contribution in [-0.4, -0.2) is 28.2 Å². The van der Waals surface area contributed by atoms with E-state index >= 15 is 0 Å². The number of aromatic amines is 1. The molecule has 1 aromatic rings. The Bertz CT molecular complexity index is 302. The summed E-state index contributed by atoms with van der Waals surface area (Å²) in [6.45, 7) is 5.57. The first-order valence-electron chi connectivity index (χ1n) is 5.19. The number of H-pyrrole nitrogens is 1. The maximum absolute atomic E-state index is 4.34. The van der Waals surface area contributed by atoms with Gasteiger partial charge in [0.15, 0.2) is 0 Å². The number of hydrogen-bond donors (Lipinski definition) is 1. The summed E-state index contributed by atoms with van der Waals surface area (Å²) in [5, 5.41) is 7.38. The molecule has 14 heavy (non-hydrogen) atoms. The minimum absolute atomic E-state index is 1.02. The first-order valence-corrected chi connectivity index (χ1v) is 6.27. The Labute approximate surface area is 98.4 Å². The number of hydrogen-bond acceptors (Lipinski definition) is 2. The van der Waals surface area contributed by atoms with Crippen LogP contribution >= 0.6 is 22.6 Å². The van der Waals surface area contributed by atoms with Crippen molar-refractivity contribution in [3.8, 4) is 0 Å². The van der Waals surface area contributed by atoms with Gasteiger partial charge in [-0.1, -0.05) is 6.42 Å². The molecule has 1 N–H and O–H groups in total. The van der Waals surface area contributed by atoms with Crippen molar-refractivity contribution in [2.75, 3.05) is 13.1 Å². The second-order valence-electron chi connectivity index (χ2n) is 3.95. The lowest BCUT2D eigenvalue weighted by molar-refractivity contribution is 0.218. The number of aryl methyl sites for hydroxylation is 1. The van der Waals surface area contributed by atoms with E-state index in [1.165, 1.54) is 47.3 Å². The lowest BCUT2D eigenvalue weighted by Gasteiger charge is -2.25. The van der Waals surface area contributed by atoms with Gasteiger partial charge in [0.25, 0.3) is 0 Å². The third-order valence-electron chi connectivity index (χ3n) is 2.76. The molecule has 0 radical (unpaired) electrons. The maximum atomic E-state index is 4.34. The van der Waals surface area contributed by atoms with E-state index in [4.69, 9.17) is 0 Å². The van der Waals surface area contributed by atoms with E-state index < -0.39 is 0 Å². The van der Waals surface area contributed by atoms with E-state index in [0.29, 0.717) is 0 Å². The smallest absolute Gasteiger partial charge is 0.0898 e. The van der Waals surface area contributed by atoms with Crippen LogP contribution in [-0.2, 0) is 6.54 Å². The number of likely N-dealkylation sites (tertiary alicyclic amines) is 1. The summed E-state index contributed by atoms with van der Waals surface area (Å²) in [6.07, 6.45) is 4.09. The Morgan fingerprint density at radius 2 is 2.07 bits per heavy atom. The summed E-state index contributed by atoms with van der Waals surface area (Å²) in [7, 11) is 0. The largest absolute Gasteiger partial charge is 0.297 e. The van der Waals surface area contributed by atoms with E-state index in [9.17, 15) is 0 Å². The van der Waals surface area contributed by atoms with Crippen LogP contribution in [0.2, 0.25) is 0 Å². The van der Waals surface area contributed by atoms with Gasteiger partial charge in [-0.05, 0) is 55.4 Å². The predicted octanol–water partition coefficient (Wildman–Crippen LogP) is 2.31. The molecular formula is C10H16IN3. The molecule has 0 spiro atoms. The number of piperidine rings is 1. The number of halogens is 1. The van der Waals surface area contributed by atoms with Crippen LogP contribution in [0, 0.1) is 10.5 Å². The molecule has 0 unspecified atom stereocenters.